The van der Waals surface area contributed by atoms with Gasteiger partial charge in [-0.15, -0.1) is 0 Å². The van der Waals surface area contributed by atoms with Crippen molar-refractivity contribution in [3.05, 3.63) is 22.7 Å². The van der Waals surface area contributed by atoms with Gasteiger partial charge in [0.05, 0.1) is 22.8 Å². The van der Waals surface area contributed by atoms with Crippen molar-refractivity contribution in [2.45, 2.75) is 45.3 Å². The lowest BCUT2D eigenvalue weighted by Gasteiger charge is -2.32. The van der Waals surface area contributed by atoms with E-state index >= 15 is 0 Å². The van der Waals surface area contributed by atoms with Crippen molar-refractivity contribution in [1.29, 1.82) is 0 Å². The summed E-state index contributed by atoms with van der Waals surface area (Å²) in [5.74, 6) is 0.786. The number of rotatable bonds is 1. The predicted molar refractivity (Wildman–Crippen MR) is 76.4 cm³/mol. The first-order chi connectivity index (χ1) is 8.82. The van der Waals surface area contributed by atoms with Crippen LogP contribution in [0.15, 0.2) is 12.1 Å². The fraction of sp³-hybridized carbons (Fsp3) is 0.571. The summed E-state index contributed by atoms with van der Waals surface area (Å²) in [4.78, 5) is 0. The molecule has 3 nitrogen and oxygen atoms in total. The standard InChI is InChI=1S/C14H18BClO3/c1-13(2)14(3,4)19-15(18-13)10-6-5-9-7-8-17-12(9)11(10)16/h5-6H,7-8H2,1-4H3. The summed E-state index contributed by atoms with van der Waals surface area (Å²) in [7, 11) is -0.438. The molecule has 1 aromatic carbocycles. The Kier molecular flexibility index (Phi) is 2.90. The van der Waals surface area contributed by atoms with E-state index < -0.39 is 7.12 Å². The lowest BCUT2D eigenvalue weighted by molar-refractivity contribution is 0.00578. The van der Waals surface area contributed by atoms with Crippen molar-refractivity contribution in [3.63, 3.8) is 0 Å². The monoisotopic (exact) mass is 280 g/mol. The summed E-state index contributed by atoms with van der Waals surface area (Å²) in [6.45, 7) is 8.83. The lowest BCUT2D eigenvalue weighted by Crippen LogP contribution is -2.41. The van der Waals surface area contributed by atoms with Gasteiger partial charge in [0, 0.05) is 11.9 Å². The minimum absolute atomic E-state index is 0.360. The lowest BCUT2D eigenvalue weighted by atomic mass is 9.78. The summed E-state index contributed by atoms with van der Waals surface area (Å²) in [6.07, 6.45) is 0.915. The minimum atomic E-state index is -0.438. The van der Waals surface area contributed by atoms with Crippen LogP contribution >= 0.6 is 11.6 Å². The second-order valence-corrected chi connectivity index (χ2v) is 6.52. The van der Waals surface area contributed by atoms with Crippen molar-refractivity contribution >= 4 is 24.2 Å². The zero-order valence-corrected chi connectivity index (χ0v) is 12.5. The highest BCUT2D eigenvalue weighted by molar-refractivity contribution is 6.66. The normalized spacial score (nSPS) is 23.3. The second kappa shape index (κ2) is 4.14. The van der Waals surface area contributed by atoms with Crippen LogP contribution in [0.4, 0.5) is 0 Å². The van der Waals surface area contributed by atoms with Crippen LogP contribution in [0.3, 0.4) is 0 Å². The first kappa shape index (κ1) is 13.3. The molecule has 0 atom stereocenters. The van der Waals surface area contributed by atoms with Crippen molar-refractivity contribution in [2.24, 2.45) is 0 Å². The van der Waals surface area contributed by atoms with Gasteiger partial charge in [-0.25, -0.2) is 0 Å². The summed E-state index contributed by atoms with van der Waals surface area (Å²) in [5.41, 5.74) is 1.29. The van der Waals surface area contributed by atoms with Gasteiger partial charge in [-0.1, -0.05) is 23.7 Å². The molecule has 0 bridgehead atoms. The van der Waals surface area contributed by atoms with Gasteiger partial charge in [0.2, 0.25) is 0 Å². The van der Waals surface area contributed by atoms with Gasteiger partial charge in [-0.2, -0.15) is 0 Å². The average Bonchev–Trinajstić information content (AvgIpc) is 2.83. The van der Waals surface area contributed by atoms with Gasteiger partial charge in [-0.05, 0) is 33.3 Å². The Hall–Kier alpha value is -0.705. The molecule has 0 unspecified atom stereocenters. The van der Waals surface area contributed by atoms with Crippen LogP contribution in [0.2, 0.25) is 5.02 Å². The van der Waals surface area contributed by atoms with Crippen LogP contribution in [0.25, 0.3) is 0 Å². The molecule has 0 aromatic heterocycles. The number of fused-ring (bicyclic) bond motifs is 1. The van der Waals surface area contributed by atoms with Gasteiger partial charge in [0.25, 0.3) is 0 Å². The van der Waals surface area contributed by atoms with Gasteiger partial charge in [0.1, 0.15) is 5.75 Å². The van der Waals surface area contributed by atoms with E-state index in [0.717, 1.165) is 23.2 Å². The average molecular weight is 281 g/mol. The Balaban J connectivity index is 1.97. The molecule has 2 aliphatic heterocycles. The van der Waals surface area contributed by atoms with E-state index in [0.29, 0.717) is 11.6 Å². The first-order valence-electron chi connectivity index (χ1n) is 6.61. The van der Waals surface area contributed by atoms with E-state index in [1.807, 2.05) is 33.8 Å². The molecule has 0 aliphatic carbocycles. The Bertz CT molecular complexity index is 512. The second-order valence-electron chi connectivity index (χ2n) is 6.14. The van der Waals surface area contributed by atoms with Crippen LogP contribution in [0.1, 0.15) is 33.3 Å². The Morgan fingerprint density at radius 1 is 1.11 bits per heavy atom. The molecular formula is C14H18BClO3. The number of ether oxygens (including phenoxy) is 1. The van der Waals surface area contributed by atoms with Crippen LogP contribution in [-0.4, -0.2) is 24.9 Å². The minimum Gasteiger partial charge on any atom is -0.491 e. The Morgan fingerprint density at radius 3 is 2.37 bits per heavy atom. The number of benzene rings is 1. The van der Waals surface area contributed by atoms with Crippen LogP contribution in [0.5, 0.6) is 5.75 Å². The van der Waals surface area contributed by atoms with E-state index in [1.54, 1.807) is 0 Å². The number of halogens is 1. The molecular weight excluding hydrogens is 262 g/mol. The molecule has 19 heavy (non-hydrogen) atoms. The highest BCUT2D eigenvalue weighted by Gasteiger charge is 2.52. The van der Waals surface area contributed by atoms with E-state index in [2.05, 4.69) is 6.07 Å². The molecule has 2 aliphatic rings. The van der Waals surface area contributed by atoms with Crippen molar-refractivity contribution in [3.8, 4) is 5.75 Å². The number of hydrogen-bond acceptors (Lipinski definition) is 3. The SMILES string of the molecule is CC1(C)OB(c2ccc3c(c2Cl)OCC3)OC1(C)C. The first-order valence-corrected chi connectivity index (χ1v) is 6.99. The van der Waals surface area contributed by atoms with E-state index in [1.165, 1.54) is 0 Å². The van der Waals surface area contributed by atoms with Gasteiger partial charge >= 0.3 is 7.12 Å². The third kappa shape index (κ3) is 1.97. The maximum absolute atomic E-state index is 6.44. The topological polar surface area (TPSA) is 27.7 Å². The summed E-state index contributed by atoms with van der Waals surface area (Å²) in [6, 6.07) is 4.03. The van der Waals surface area contributed by atoms with Crippen LogP contribution in [0, 0.1) is 0 Å². The molecule has 2 heterocycles. The molecule has 0 amide bonds. The smallest absolute Gasteiger partial charge is 0.491 e. The summed E-state index contributed by atoms with van der Waals surface area (Å²) in [5, 5.41) is 0.619. The fourth-order valence-electron chi connectivity index (χ4n) is 2.38. The fourth-order valence-corrected chi connectivity index (χ4v) is 2.71. The van der Waals surface area contributed by atoms with Gasteiger partial charge < -0.3 is 14.0 Å². The highest BCUT2D eigenvalue weighted by atomic mass is 35.5. The third-order valence-corrected chi connectivity index (χ3v) is 4.72. The highest BCUT2D eigenvalue weighted by Crippen LogP contribution is 2.39. The van der Waals surface area contributed by atoms with E-state index in [4.69, 9.17) is 25.6 Å². The molecule has 0 N–H and O–H groups in total. The van der Waals surface area contributed by atoms with Crippen molar-refractivity contribution < 1.29 is 14.0 Å². The Morgan fingerprint density at radius 2 is 1.74 bits per heavy atom. The number of hydrogen-bond donors (Lipinski definition) is 0. The molecule has 0 spiro atoms. The van der Waals surface area contributed by atoms with E-state index in [-0.39, 0.29) is 11.2 Å². The third-order valence-electron chi connectivity index (χ3n) is 4.33. The molecule has 1 fully saturated rings. The molecule has 5 heteroatoms. The zero-order valence-electron chi connectivity index (χ0n) is 11.7. The van der Waals surface area contributed by atoms with E-state index in [9.17, 15) is 0 Å². The summed E-state index contributed by atoms with van der Waals surface area (Å²) >= 11 is 6.44. The van der Waals surface area contributed by atoms with Crippen molar-refractivity contribution in [1.82, 2.24) is 0 Å². The molecule has 102 valence electrons. The molecule has 1 aromatic rings. The zero-order chi connectivity index (χ0) is 13.8. The van der Waals surface area contributed by atoms with Crippen LogP contribution in [-0.2, 0) is 15.7 Å². The quantitative estimate of drug-likeness (QED) is 0.740. The Labute approximate surface area is 119 Å². The largest absolute Gasteiger partial charge is 0.496 e. The van der Waals surface area contributed by atoms with Gasteiger partial charge in [-0.3, -0.25) is 0 Å². The maximum atomic E-state index is 6.44. The van der Waals surface area contributed by atoms with Gasteiger partial charge in [0.15, 0.2) is 0 Å². The summed E-state index contributed by atoms with van der Waals surface area (Å²) < 4.78 is 17.6. The predicted octanol–water partition coefficient (Wildman–Crippen LogP) is 2.57. The molecule has 0 saturated carbocycles. The van der Waals surface area contributed by atoms with Crippen molar-refractivity contribution in [2.75, 3.05) is 6.61 Å². The molecule has 3 rings (SSSR count). The maximum Gasteiger partial charge on any atom is 0.496 e. The molecule has 0 radical (unpaired) electrons. The molecule has 1 saturated heterocycles. The van der Waals surface area contributed by atoms with Crippen LogP contribution < -0.4 is 10.2 Å².